The van der Waals surface area contributed by atoms with Crippen LogP contribution >= 0.6 is 0 Å². The maximum absolute atomic E-state index is 11.9. The minimum Gasteiger partial charge on any atom is -0.290 e. The highest BCUT2D eigenvalue weighted by Crippen LogP contribution is 2.09. The van der Waals surface area contributed by atoms with Gasteiger partial charge in [0.1, 0.15) is 0 Å². The topological polar surface area (TPSA) is 42.9 Å². The van der Waals surface area contributed by atoms with Crippen LogP contribution in [0.4, 0.5) is 0 Å². The molecular formula is C19H20N2O. The van der Waals surface area contributed by atoms with Crippen LogP contribution in [0.1, 0.15) is 33.9 Å². The fraction of sp³-hybridized carbons (Fsp3) is 0.211. The molecule has 0 fully saturated rings. The summed E-state index contributed by atoms with van der Waals surface area (Å²) >= 11 is 0. The summed E-state index contributed by atoms with van der Waals surface area (Å²) in [5, 5.41) is 0. The largest absolute Gasteiger partial charge is 0.290 e. The summed E-state index contributed by atoms with van der Waals surface area (Å²) in [6.07, 6.45) is 6.61. The molecule has 0 saturated carbocycles. The lowest BCUT2D eigenvalue weighted by molar-refractivity contribution is -0.110. The predicted molar refractivity (Wildman–Crippen MR) is 90.5 cm³/mol. The van der Waals surface area contributed by atoms with Crippen LogP contribution in [0.2, 0.25) is 0 Å². The van der Waals surface area contributed by atoms with E-state index in [1.165, 1.54) is 11.6 Å². The minimum absolute atomic E-state index is 0.0694. The molecule has 0 bridgehead atoms. The molecule has 0 N–H and O–H groups in total. The Hall–Kier alpha value is -2.55. The number of aryl methyl sites for hydroxylation is 4. The third-order valence-corrected chi connectivity index (χ3v) is 3.44. The molecule has 0 aliphatic carbocycles. The van der Waals surface area contributed by atoms with E-state index in [4.69, 9.17) is 0 Å². The quantitative estimate of drug-likeness (QED) is 0.800. The van der Waals surface area contributed by atoms with Crippen LogP contribution in [0, 0.1) is 27.7 Å². The number of carbonyl (C=O) groups is 1. The zero-order chi connectivity index (χ0) is 16.1. The molecule has 1 heterocycles. The van der Waals surface area contributed by atoms with Gasteiger partial charge in [-0.15, -0.1) is 0 Å². The highest BCUT2D eigenvalue weighted by atomic mass is 16.1. The van der Waals surface area contributed by atoms with Gasteiger partial charge in [0, 0.05) is 0 Å². The third kappa shape index (κ3) is 4.22. The second-order valence-corrected chi connectivity index (χ2v) is 5.34. The van der Waals surface area contributed by atoms with Gasteiger partial charge in [-0.1, -0.05) is 35.9 Å². The number of ketones is 1. The Kier molecular flexibility index (Phi) is 4.99. The molecule has 3 heteroatoms. The molecule has 0 spiro atoms. The van der Waals surface area contributed by atoms with Crippen molar-refractivity contribution in [1.82, 2.24) is 9.97 Å². The first-order chi connectivity index (χ1) is 10.5. The number of benzene rings is 1. The van der Waals surface area contributed by atoms with Crippen molar-refractivity contribution in [3.05, 3.63) is 70.3 Å². The number of rotatable bonds is 4. The molecule has 22 heavy (non-hydrogen) atoms. The lowest BCUT2D eigenvalue weighted by Gasteiger charge is -2.03. The van der Waals surface area contributed by atoms with Crippen LogP contribution in [-0.2, 0) is 4.79 Å². The zero-order valence-electron chi connectivity index (χ0n) is 13.4. The molecular weight excluding hydrogens is 272 g/mol. The summed E-state index contributed by atoms with van der Waals surface area (Å²) in [6, 6.07) is 8.02. The van der Waals surface area contributed by atoms with Crippen molar-refractivity contribution in [1.29, 1.82) is 0 Å². The van der Waals surface area contributed by atoms with E-state index >= 15 is 0 Å². The molecule has 0 amide bonds. The molecule has 112 valence electrons. The highest BCUT2D eigenvalue weighted by molar-refractivity contribution is 6.04. The monoisotopic (exact) mass is 292 g/mol. The Labute approximate surface area is 131 Å². The van der Waals surface area contributed by atoms with Crippen molar-refractivity contribution >= 4 is 17.9 Å². The van der Waals surface area contributed by atoms with Crippen molar-refractivity contribution < 1.29 is 4.79 Å². The first kappa shape index (κ1) is 15.8. The van der Waals surface area contributed by atoms with E-state index in [1.54, 1.807) is 12.2 Å². The maximum atomic E-state index is 11.9. The molecule has 0 saturated heterocycles. The van der Waals surface area contributed by atoms with E-state index < -0.39 is 0 Å². The van der Waals surface area contributed by atoms with E-state index in [0.717, 1.165) is 28.3 Å². The van der Waals surface area contributed by atoms with Crippen LogP contribution in [0.3, 0.4) is 0 Å². The Balaban J connectivity index is 2.08. The molecule has 0 atom stereocenters. The second-order valence-electron chi connectivity index (χ2n) is 5.34. The summed E-state index contributed by atoms with van der Waals surface area (Å²) in [5.41, 5.74) is 5.57. The normalized spacial score (nSPS) is 11.5. The fourth-order valence-corrected chi connectivity index (χ4v) is 1.96. The Bertz CT molecular complexity index is 741. The first-order valence-electron chi connectivity index (χ1n) is 7.24. The van der Waals surface area contributed by atoms with Crippen molar-refractivity contribution in [2.75, 3.05) is 0 Å². The van der Waals surface area contributed by atoms with E-state index in [0.29, 0.717) is 0 Å². The Morgan fingerprint density at radius 1 is 0.818 bits per heavy atom. The maximum Gasteiger partial charge on any atom is 0.178 e. The predicted octanol–water partition coefficient (Wildman–Crippen LogP) is 4.01. The summed E-state index contributed by atoms with van der Waals surface area (Å²) in [5.74, 6) is -0.0694. The van der Waals surface area contributed by atoms with Crippen LogP contribution in [0.15, 0.2) is 36.4 Å². The summed E-state index contributed by atoms with van der Waals surface area (Å²) in [4.78, 5) is 20.8. The van der Waals surface area contributed by atoms with Gasteiger partial charge in [0.25, 0.3) is 0 Å². The van der Waals surface area contributed by atoms with Gasteiger partial charge in [-0.25, -0.2) is 4.98 Å². The number of aromatic nitrogens is 2. The molecule has 1 aromatic heterocycles. The standard InChI is InChI=1S/C19H20N2O/c1-13-5-7-17(8-6-13)9-10-18(22)11-12-19-16(4)20-14(2)15(3)21-19/h5-12H,1-4H3/b10-9+,12-11+. The minimum atomic E-state index is -0.0694. The number of carbonyl (C=O) groups excluding carboxylic acids is 1. The molecule has 3 nitrogen and oxygen atoms in total. The fourth-order valence-electron chi connectivity index (χ4n) is 1.96. The van der Waals surface area contributed by atoms with Crippen molar-refractivity contribution in [3.63, 3.8) is 0 Å². The van der Waals surface area contributed by atoms with E-state index in [9.17, 15) is 4.79 Å². The summed E-state index contributed by atoms with van der Waals surface area (Å²) in [7, 11) is 0. The number of hydrogen-bond donors (Lipinski definition) is 0. The summed E-state index contributed by atoms with van der Waals surface area (Å²) in [6.45, 7) is 7.77. The SMILES string of the molecule is Cc1ccc(/C=C/C(=O)/C=C/c2nc(C)c(C)nc2C)cc1. The lowest BCUT2D eigenvalue weighted by Crippen LogP contribution is -1.99. The van der Waals surface area contributed by atoms with Crippen molar-refractivity contribution in [3.8, 4) is 0 Å². The van der Waals surface area contributed by atoms with Crippen LogP contribution in [0.25, 0.3) is 12.2 Å². The molecule has 2 aromatic rings. The van der Waals surface area contributed by atoms with Crippen LogP contribution in [0.5, 0.6) is 0 Å². The summed E-state index contributed by atoms with van der Waals surface area (Å²) < 4.78 is 0. The van der Waals surface area contributed by atoms with Crippen molar-refractivity contribution in [2.24, 2.45) is 0 Å². The van der Waals surface area contributed by atoms with Crippen LogP contribution in [-0.4, -0.2) is 15.8 Å². The second kappa shape index (κ2) is 6.94. The van der Waals surface area contributed by atoms with Gasteiger partial charge in [-0.2, -0.15) is 0 Å². The average molecular weight is 292 g/mol. The van der Waals surface area contributed by atoms with Gasteiger partial charge >= 0.3 is 0 Å². The van der Waals surface area contributed by atoms with Gasteiger partial charge in [0.2, 0.25) is 0 Å². The molecule has 1 aromatic carbocycles. The Morgan fingerprint density at radius 2 is 1.41 bits per heavy atom. The third-order valence-electron chi connectivity index (χ3n) is 3.44. The van der Waals surface area contributed by atoms with Gasteiger partial charge in [0.05, 0.1) is 22.8 Å². The molecule has 0 radical (unpaired) electrons. The molecule has 0 aliphatic rings. The number of nitrogens with zero attached hydrogens (tertiary/aromatic N) is 2. The molecule has 2 rings (SSSR count). The number of hydrogen-bond acceptors (Lipinski definition) is 3. The zero-order valence-corrected chi connectivity index (χ0v) is 13.4. The molecule has 0 unspecified atom stereocenters. The highest BCUT2D eigenvalue weighted by Gasteiger charge is 2.02. The molecule has 0 aliphatic heterocycles. The van der Waals surface area contributed by atoms with E-state index in [2.05, 4.69) is 9.97 Å². The smallest absolute Gasteiger partial charge is 0.178 e. The van der Waals surface area contributed by atoms with E-state index in [-0.39, 0.29) is 5.78 Å². The average Bonchev–Trinajstić information content (AvgIpc) is 2.49. The van der Waals surface area contributed by atoms with Gasteiger partial charge in [-0.3, -0.25) is 9.78 Å². The van der Waals surface area contributed by atoms with Gasteiger partial charge < -0.3 is 0 Å². The Morgan fingerprint density at radius 3 is 2.09 bits per heavy atom. The van der Waals surface area contributed by atoms with Crippen LogP contribution < -0.4 is 0 Å². The van der Waals surface area contributed by atoms with Gasteiger partial charge in [-0.05, 0) is 51.5 Å². The van der Waals surface area contributed by atoms with E-state index in [1.807, 2.05) is 58.0 Å². The lowest BCUT2D eigenvalue weighted by atomic mass is 10.1. The first-order valence-corrected chi connectivity index (χ1v) is 7.24. The van der Waals surface area contributed by atoms with Crippen molar-refractivity contribution in [2.45, 2.75) is 27.7 Å². The number of allylic oxidation sites excluding steroid dienone is 2. The van der Waals surface area contributed by atoms with Gasteiger partial charge in [0.15, 0.2) is 5.78 Å².